The van der Waals surface area contributed by atoms with Crippen molar-refractivity contribution < 1.29 is 0 Å². The average molecular weight is 307 g/mol. The maximum atomic E-state index is 12.3. The predicted octanol–water partition coefficient (Wildman–Crippen LogP) is 3.18. The Hall–Kier alpha value is -1.20. The molecule has 0 aliphatic heterocycles. The molecule has 5 heteroatoms. The van der Waals surface area contributed by atoms with Crippen LogP contribution in [0.3, 0.4) is 0 Å². The second-order valence-electron chi connectivity index (χ2n) is 6.17. The summed E-state index contributed by atoms with van der Waals surface area (Å²) >= 11 is 1.49. The summed E-state index contributed by atoms with van der Waals surface area (Å²) in [5, 5.41) is 5.48. The summed E-state index contributed by atoms with van der Waals surface area (Å²) in [5.74, 6) is 0.741. The van der Waals surface area contributed by atoms with Crippen molar-refractivity contribution in [3.05, 3.63) is 27.6 Å². The molecule has 116 valence electrons. The van der Waals surface area contributed by atoms with E-state index in [0.29, 0.717) is 12.6 Å². The molecule has 0 aliphatic rings. The number of nitrogens with zero attached hydrogens (tertiary/aromatic N) is 2. The van der Waals surface area contributed by atoms with Crippen molar-refractivity contribution in [1.29, 1.82) is 0 Å². The zero-order chi connectivity index (χ0) is 15.4. The Kier molecular flexibility index (Phi) is 5.53. The van der Waals surface area contributed by atoms with Gasteiger partial charge in [-0.2, -0.15) is 0 Å². The molecule has 0 saturated heterocycles. The number of fused-ring (bicyclic) bond motifs is 1. The van der Waals surface area contributed by atoms with E-state index in [-0.39, 0.29) is 5.56 Å². The van der Waals surface area contributed by atoms with Crippen LogP contribution < -0.4 is 10.9 Å². The van der Waals surface area contributed by atoms with E-state index in [4.69, 9.17) is 0 Å². The SMILES string of the molecule is Cc1csc2c(=O)n(CCNC(C)CCC(C)C)cnc12. The highest BCUT2D eigenvalue weighted by molar-refractivity contribution is 7.17. The summed E-state index contributed by atoms with van der Waals surface area (Å²) in [6.07, 6.45) is 4.08. The normalized spacial score (nSPS) is 13.2. The molecule has 0 aromatic carbocycles. The van der Waals surface area contributed by atoms with E-state index < -0.39 is 0 Å². The van der Waals surface area contributed by atoms with E-state index in [9.17, 15) is 4.79 Å². The third kappa shape index (κ3) is 4.14. The number of hydrogen-bond acceptors (Lipinski definition) is 4. The Morgan fingerprint density at radius 2 is 2.10 bits per heavy atom. The Balaban J connectivity index is 1.92. The van der Waals surface area contributed by atoms with Crippen molar-refractivity contribution in [2.75, 3.05) is 6.54 Å². The van der Waals surface area contributed by atoms with Gasteiger partial charge in [-0.25, -0.2) is 4.98 Å². The van der Waals surface area contributed by atoms with Crippen molar-refractivity contribution >= 4 is 21.6 Å². The van der Waals surface area contributed by atoms with Crippen LogP contribution in [0, 0.1) is 12.8 Å². The third-order valence-corrected chi connectivity index (χ3v) is 4.82. The molecule has 0 fully saturated rings. The van der Waals surface area contributed by atoms with Crippen LogP contribution in [0.1, 0.15) is 39.2 Å². The lowest BCUT2D eigenvalue weighted by atomic mass is 10.0. The number of aryl methyl sites for hydroxylation is 1. The van der Waals surface area contributed by atoms with Gasteiger partial charge in [0.2, 0.25) is 0 Å². The minimum absolute atomic E-state index is 0.0785. The van der Waals surface area contributed by atoms with E-state index in [1.54, 1.807) is 10.9 Å². The molecule has 0 radical (unpaired) electrons. The zero-order valence-corrected chi connectivity index (χ0v) is 14.2. The summed E-state index contributed by atoms with van der Waals surface area (Å²) in [7, 11) is 0. The second kappa shape index (κ2) is 7.18. The molecule has 1 unspecified atom stereocenters. The molecule has 4 nitrogen and oxygen atoms in total. The van der Waals surface area contributed by atoms with Gasteiger partial charge < -0.3 is 5.32 Å². The molecule has 0 amide bonds. The molecule has 0 bridgehead atoms. The van der Waals surface area contributed by atoms with Crippen LogP contribution in [0.5, 0.6) is 0 Å². The van der Waals surface area contributed by atoms with Gasteiger partial charge in [-0.15, -0.1) is 11.3 Å². The fraction of sp³-hybridized carbons (Fsp3) is 0.625. The second-order valence-corrected chi connectivity index (χ2v) is 7.05. The van der Waals surface area contributed by atoms with Crippen molar-refractivity contribution in [2.24, 2.45) is 5.92 Å². The molecule has 2 aromatic rings. The van der Waals surface area contributed by atoms with E-state index in [1.165, 1.54) is 24.2 Å². The van der Waals surface area contributed by atoms with Crippen LogP contribution in [0.25, 0.3) is 10.2 Å². The first-order valence-electron chi connectivity index (χ1n) is 7.65. The smallest absolute Gasteiger partial charge is 0.271 e. The maximum absolute atomic E-state index is 12.3. The third-order valence-electron chi connectivity index (χ3n) is 3.75. The molecule has 0 saturated carbocycles. The molecule has 2 aromatic heterocycles. The fourth-order valence-corrected chi connectivity index (χ4v) is 3.29. The first-order chi connectivity index (χ1) is 9.99. The molecule has 1 atom stereocenters. The summed E-state index contributed by atoms with van der Waals surface area (Å²) < 4.78 is 2.48. The predicted molar refractivity (Wildman–Crippen MR) is 90.2 cm³/mol. The highest BCUT2D eigenvalue weighted by Gasteiger charge is 2.08. The molecule has 1 N–H and O–H groups in total. The quantitative estimate of drug-likeness (QED) is 0.854. The number of rotatable bonds is 7. The van der Waals surface area contributed by atoms with Gasteiger partial charge in [-0.1, -0.05) is 13.8 Å². The van der Waals surface area contributed by atoms with Crippen LogP contribution in [-0.4, -0.2) is 22.1 Å². The van der Waals surface area contributed by atoms with Crippen molar-refractivity contribution in [3.63, 3.8) is 0 Å². The van der Waals surface area contributed by atoms with Crippen molar-refractivity contribution in [1.82, 2.24) is 14.9 Å². The zero-order valence-electron chi connectivity index (χ0n) is 13.3. The number of hydrogen-bond donors (Lipinski definition) is 1. The molecule has 2 heterocycles. The summed E-state index contributed by atoms with van der Waals surface area (Å²) in [5.41, 5.74) is 2.01. The topological polar surface area (TPSA) is 46.9 Å². The highest BCUT2D eigenvalue weighted by Crippen LogP contribution is 2.19. The monoisotopic (exact) mass is 307 g/mol. The van der Waals surface area contributed by atoms with E-state index in [0.717, 1.165) is 28.2 Å². The van der Waals surface area contributed by atoms with Crippen LogP contribution in [0.4, 0.5) is 0 Å². The van der Waals surface area contributed by atoms with Gasteiger partial charge in [0, 0.05) is 19.1 Å². The molecule has 2 rings (SSSR count). The Morgan fingerprint density at radius 1 is 1.33 bits per heavy atom. The van der Waals surface area contributed by atoms with Gasteiger partial charge in [0.05, 0.1) is 11.8 Å². The molecule has 21 heavy (non-hydrogen) atoms. The number of aromatic nitrogens is 2. The number of thiophene rings is 1. The molecule has 0 aliphatic carbocycles. The minimum atomic E-state index is 0.0785. The van der Waals surface area contributed by atoms with Gasteiger partial charge in [0.15, 0.2) is 0 Å². The van der Waals surface area contributed by atoms with E-state index in [1.807, 2.05) is 12.3 Å². The lowest BCUT2D eigenvalue weighted by Gasteiger charge is -2.15. The van der Waals surface area contributed by atoms with Crippen LogP contribution >= 0.6 is 11.3 Å². The van der Waals surface area contributed by atoms with Gasteiger partial charge in [0.1, 0.15) is 4.70 Å². The average Bonchev–Trinajstić information content (AvgIpc) is 2.81. The van der Waals surface area contributed by atoms with Gasteiger partial charge >= 0.3 is 0 Å². The molecule has 0 spiro atoms. The fourth-order valence-electron chi connectivity index (χ4n) is 2.34. The lowest BCUT2D eigenvalue weighted by molar-refractivity contribution is 0.439. The summed E-state index contributed by atoms with van der Waals surface area (Å²) in [6.45, 7) is 10.2. The van der Waals surface area contributed by atoms with Crippen LogP contribution in [0.15, 0.2) is 16.5 Å². The highest BCUT2D eigenvalue weighted by atomic mass is 32.1. The molecular weight excluding hydrogens is 282 g/mol. The van der Waals surface area contributed by atoms with E-state index >= 15 is 0 Å². The van der Waals surface area contributed by atoms with Crippen molar-refractivity contribution in [3.8, 4) is 0 Å². The van der Waals surface area contributed by atoms with Crippen molar-refractivity contribution in [2.45, 2.75) is 53.1 Å². The van der Waals surface area contributed by atoms with E-state index in [2.05, 4.69) is 31.1 Å². The summed E-state index contributed by atoms with van der Waals surface area (Å²) in [6, 6.07) is 0.490. The largest absolute Gasteiger partial charge is 0.312 e. The number of nitrogens with one attached hydrogen (secondary N) is 1. The maximum Gasteiger partial charge on any atom is 0.271 e. The van der Waals surface area contributed by atoms with Crippen LogP contribution in [-0.2, 0) is 6.54 Å². The Morgan fingerprint density at radius 3 is 2.81 bits per heavy atom. The van der Waals surface area contributed by atoms with Gasteiger partial charge in [0.25, 0.3) is 5.56 Å². The Bertz CT molecular complexity index is 644. The van der Waals surface area contributed by atoms with Gasteiger partial charge in [-0.05, 0) is 43.6 Å². The Labute approximate surface area is 130 Å². The summed E-state index contributed by atoms with van der Waals surface area (Å²) in [4.78, 5) is 16.7. The standard InChI is InChI=1S/C16H25N3OS/c1-11(2)5-6-13(4)17-7-8-19-10-18-14-12(3)9-21-15(14)16(19)20/h9-11,13,17H,5-8H2,1-4H3. The first-order valence-corrected chi connectivity index (χ1v) is 8.53. The molecular formula is C16H25N3OS. The van der Waals surface area contributed by atoms with Gasteiger partial charge in [-0.3, -0.25) is 9.36 Å². The minimum Gasteiger partial charge on any atom is -0.312 e. The van der Waals surface area contributed by atoms with Crippen LogP contribution in [0.2, 0.25) is 0 Å². The lowest BCUT2D eigenvalue weighted by Crippen LogP contribution is -2.32. The first kappa shape index (κ1) is 16.2.